The second kappa shape index (κ2) is 13.2. The Labute approximate surface area is 238 Å². The van der Waals surface area contributed by atoms with Crippen LogP contribution in [0.4, 0.5) is 0 Å². The van der Waals surface area contributed by atoms with Crippen LogP contribution in [0.15, 0.2) is 63.8 Å². The molecule has 0 aliphatic carbocycles. The molecule has 0 aliphatic heterocycles. The number of fused-ring (bicyclic) bond motifs is 1. The van der Waals surface area contributed by atoms with Crippen molar-refractivity contribution in [1.82, 2.24) is 0 Å². The summed E-state index contributed by atoms with van der Waals surface area (Å²) in [5, 5.41) is 20.2. The van der Waals surface area contributed by atoms with Crippen LogP contribution in [0.2, 0.25) is 0 Å². The molecule has 0 saturated heterocycles. The number of aromatic carboxylic acids is 1. The van der Waals surface area contributed by atoms with Gasteiger partial charge in [-0.3, -0.25) is 9.59 Å². The van der Waals surface area contributed by atoms with Gasteiger partial charge in [-0.05, 0) is 56.2 Å². The number of carboxylic acid groups (broad SMARTS) is 1. The Bertz CT molecular complexity index is 1620. The van der Waals surface area contributed by atoms with E-state index in [2.05, 4.69) is 0 Å². The first kappa shape index (κ1) is 29.4. The number of carboxylic acids is 1. The molecule has 2 N–H and O–H groups in total. The number of carbonyl (C=O) groups excluding carboxylic acids is 1. The van der Waals surface area contributed by atoms with Crippen molar-refractivity contribution in [1.29, 1.82) is 0 Å². The molecule has 0 radical (unpaired) electrons. The lowest BCUT2D eigenvalue weighted by atomic mass is 10.0. The van der Waals surface area contributed by atoms with Crippen LogP contribution >= 0.6 is 0 Å². The molecule has 0 saturated carbocycles. The number of ketones is 1. The van der Waals surface area contributed by atoms with Gasteiger partial charge in [-0.25, -0.2) is 4.79 Å². The number of phenols is 1. The minimum atomic E-state index is -1.03. The van der Waals surface area contributed by atoms with Crippen LogP contribution in [0.5, 0.6) is 17.2 Å². The number of carbonyl (C=O) groups is 2. The van der Waals surface area contributed by atoms with Crippen molar-refractivity contribution in [2.45, 2.75) is 52.9 Å². The van der Waals surface area contributed by atoms with Crippen LogP contribution in [0.1, 0.15) is 71.9 Å². The van der Waals surface area contributed by atoms with E-state index in [1.165, 1.54) is 25.1 Å². The summed E-state index contributed by atoms with van der Waals surface area (Å²) < 4.78 is 18.3. The maximum Gasteiger partial charge on any atom is 0.335 e. The summed E-state index contributed by atoms with van der Waals surface area (Å²) in [6, 6.07) is 14.4. The average molecular weight is 559 g/mol. The number of aryl methyl sites for hydroxylation is 1. The Hall–Kier alpha value is -4.59. The molecule has 1 aromatic heterocycles. The number of hydrogen-bond acceptors (Lipinski definition) is 7. The molecular formula is C33H34O8. The molecule has 41 heavy (non-hydrogen) atoms. The lowest BCUT2D eigenvalue weighted by molar-refractivity contribution is 0.0696. The van der Waals surface area contributed by atoms with E-state index in [0.29, 0.717) is 71.8 Å². The number of phenolic OH excluding ortho intramolecular Hbond substituents is 1. The van der Waals surface area contributed by atoms with Gasteiger partial charge in [0.25, 0.3) is 0 Å². The minimum Gasteiger partial charge on any atom is -0.507 e. The highest BCUT2D eigenvalue weighted by atomic mass is 16.5. The fourth-order valence-corrected chi connectivity index (χ4v) is 4.75. The number of ether oxygens (including phenoxy) is 2. The molecule has 0 amide bonds. The Morgan fingerprint density at radius 1 is 0.854 bits per heavy atom. The number of benzene rings is 3. The maximum absolute atomic E-state index is 13.0. The first-order chi connectivity index (χ1) is 19.7. The molecule has 0 bridgehead atoms. The Balaban J connectivity index is 1.51. The third-order valence-corrected chi connectivity index (χ3v) is 6.80. The van der Waals surface area contributed by atoms with Gasteiger partial charge in [0.05, 0.1) is 29.7 Å². The van der Waals surface area contributed by atoms with Crippen molar-refractivity contribution < 1.29 is 33.7 Å². The predicted octanol–water partition coefficient (Wildman–Crippen LogP) is 6.82. The van der Waals surface area contributed by atoms with Gasteiger partial charge in [-0.15, -0.1) is 0 Å². The van der Waals surface area contributed by atoms with E-state index in [0.717, 1.165) is 18.4 Å². The zero-order chi connectivity index (χ0) is 29.5. The standard InChI is InChI=1S/C33H34O8/c1-4-7-25-28(15-13-23(20(3)34)31(25)36)39-17-6-18-40-29-16-14-24-27(35)19-30(41-32(24)26(29)8-5-2)21-9-11-22(12-10-21)33(37)38/h9-16,19,36H,4-8,17-18H2,1-3H3,(H,37,38). The lowest BCUT2D eigenvalue weighted by Gasteiger charge is -2.16. The topological polar surface area (TPSA) is 123 Å². The molecule has 8 heteroatoms. The van der Waals surface area contributed by atoms with Crippen LogP contribution < -0.4 is 14.9 Å². The molecule has 0 atom stereocenters. The molecule has 1 heterocycles. The van der Waals surface area contributed by atoms with Crippen LogP contribution in [-0.4, -0.2) is 35.2 Å². The highest BCUT2D eigenvalue weighted by Gasteiger charge is 2.17. The summed E-state index contributed by atoms with van der Waals surface area (Å²) in [5.41, 5.74) is 2.72. The SMILES string of the molecule is CCCc1c(OCCCOc2ccc3c(=O)cc(-c4ccc(C(=O)O)cc4)oc3c2CCC)ccc(C(C)=O)c1O. The number of hydrogen-bond donors (Lipinski definition) is 2. The summed E-state index contributed by atoms with van der Waals surface area (Å²) in [4.78, 5) is 36.0. The van der Waals surface area contributed by atoms with Gasteiger partial charge in [0, 0.05) is 29.2 Å². The van der Waals surface area contributed by atoms with E-state index in [1.807, 2.05) is 13.8 Å². The Morgan fingerprint density at radius 3 is 2.07 bits per heavy atom. The summed E-state index contributed by atoms with van der Waals surface area (Å²) in [5.74, 6) is 0.279. The van der Waals surface area contributed by atoms with Crippen molar-refractivity contribution >= 4 is 22.7 Å². The normalized spacial score (nSPS) is 11.0. The van der Waals surface area contributed by atoms with Gasteiger partial charge < -0.3 is 24.1 Å². The van der Waals surface area contributed by atoms with Crippen molar-refractivity contribution in [3.63, 3.8) is 0 Å². The molecule has 4 rings (SSSR count). The molecular weight excluding hydrogens is 524 g/mol. The maximum atomic E-state index is 13.0. The van der Waals surface area contributed by atoms with E-state index in [-0.39, 0.29) is 28.1 Å². The van der Waals surface area contributed by atoms with E-state index >= 15 is 0 Å². The van der Waals surface area contributed by atoms with Gasteiger partial charge in [0.2, 0.25) is 0 Å². The van der Waals surface area contributed by atoms with Crippen molar-refractivity contribution in [2.75, 3.05) is 13.2 Å². The summed E-state index contributed by atoms with van der Waals surface area (Å²) in [6.07, 6.45) is 3.38. The van der Waals surface area contributed by atoms with Crippen LogP contribution in [0.3, 0.4) is 0 Å². The Kier molecular flexibility index (Phi) is 9.45. The predicted molar refractivity (Wildman–Crippen MR) is 157 cm³/mol. The number of rotatable bonds is 13. The highest BCUT2D eigenvalue weighted by molar-refractivity contribution is 5.97. The highest BCUT2D eigenvalue weighted by Crippen LogP contribution is 2.34. The van der Waals surface area contributed by atoms with Gasteiger partial charge in [0.15, 0.2) is 11.2 Å². The largest absolute Gasteiger partial charge is 0.507 e. The second-order valence-electron chi connectivity index (χ2n) is 9.82. The quantitative estimate of drug-likeness (QED) is 0.135. The summed E-state index contributed by atoms with van der Waals surface area (Å²) in [6.45, 7) is 6.15. The monoisotopic (exact) mass is 558 g/mol. The van der Waals surface area contributed by atoms with Crippen molar-refractivity contribution in [3.8, 4) is 28.6 Å². The first-order valence-corrected chi connectivity index (χ1v) is 13.8. The van der Waals surface area contributed by atoms with E-state index < -0.39 is 5.97 Å². The fraction of sp³-hybridized carbons (Fsp3) is 0.303. The summed E-state index contributed by atoms with van der Waals surface area (Å²) in [7, 11) is 0. The van der Waals surface area contributed by atoms with E-state index in [1.54, 1.807) is 36.4 Å². The van der Waals surface area contributed by atoms with Crippen molar-refractivity contribution in [2.24, 2.45) is 0 Å². The molecule has 3 aromatic carbocycles. The van der Waals surface area contributed by atoms with Crippen LogP contribution in [-0.2, 0) is 12.8 Å². The lowest BCUT2D eigenvalue weighted by Crippen LogP contribution is -2.09. The zero-order valence-corrected chi connectivity index (χ0v) is 23.5. The number of aromatic hydroxyl groups is 1. The number of Topliss-reactive ketones (excluding diaryl/α,β-unsaturated/α-hetero) is 1. The van der Waals surface area contributed by atoms with Gasteiger partial charge >= 0.3 is 5.97 Å². The van der Waals surface area contributed by atoms with E-state index in [4.69, 9.17) is 13.9 Å². The summed E-state index contributed by atoms with van der Waals surface area (Å²) >= 11 is 0. The zero-order valence-electron chi connectivity index (χ0n) is 23.5. The van der Waals surface area contributed by atoms with Gasteiger partial charge in [-0.2, -0.15) is 0 Å². The third-order valence-electron chi connectivity index (χ3n) is 6.80. The molecule has 0 fully saturated rings. The molecule has 8 nitrogen and oxygen atoms in total. The van der Waals surface area contributed by atoms with Crippen molar-refractivity contribution in [3.05, 3.63) is 87.1 Å². The smallest absolute Gasteiger partial charge is 0.335 e. The molecule has 4 aromatic rings. The fourth-order valence-electron chi connectivity index (χ4n) is 4.75. The van der Waals surface area contributed by atoms with Gasteiger partial charge in [0.1, 0.15) is 28.6 Å². The average Bonchev–Trinajstić information content (AvgIpc) is 2.95. The van der Waals surface area contributed by atoms with Crippen LogP contribution in [0.25, 0.3) is 22.3 Å². The molecule has 0 spiro atoms. The van der Waals surface area contributed by atoms with E-state index in [9.17, 15) is 24.6 Å². The molecule has 0 unspecified atom stereocenters. The molecule has 0 aliphatic rings. The Morgan fingerprint density at radius 2 is 1.46 bits per heavy atom. The first-order valence-electron chi connectivity index (χ1n) is 13.8. The second-order valence-corrected chi connectivity index (χ2v) is 9.82. The van der Waals surface area contributed by atoms with Gasteiger partial charge in [-0.1, -0.05) is 38.8 Å². The van der Waals surface area contributed by atoms with Crippen LogP contribution in [0, 0.1) is 0 Å². The minimum absolute atomic E-state index is 0.0211. The third kappa shape index (κ3) is 6.60. The molecule has 214 valence electrons.